The fourth-order valence-corrected chi connectivity index (χ4v) is 3.95. The molecule has 136 valence electrons. The second kappa shape index (κ2) is 7.46. The van der Waals surface area contributed by atoms with Crippen LogP contribution in [-0.4, -0.2) is 22.8 Å². The first kappa shape index (κ1) is 18.4. The molecular formula is C20H21ClN2O3. The van der Waals surface area contributed by atoms with Crippen molar-refractivity contribution in [1.29, 1.82) is 0 Å². The van der Waals surface area contributed by atoms with E-state index in [1.165, 1.54) is 6.07 Å². The minimum absolute atomic E-state index is 0.0552. The zero-order chi connectivity index (χ0) is 18.8. The third-order valence-electron chi connectivity index (χ3n) is 5.01. The Morgan fingerprint density at radius 1 is 1.15 bits per heavy atom. The summed E-state index contributed by atoms with van der Waals surface area (Å²) in [6.07, 6.45) is 3.15. The largest absolute Gasteiger partial charge is 0.365 e. The van der Waals surface area contributed by atoms with Gasteiger partial charge in [-0.3, -0.25) is 14.9 Å². The second-order valence-corrected chi connectivity index (χ2v) is 7.22. The molecule has 0 amide bonds. The van der Waals surface area contributed by atoms with E-state index in [1.807, 2.05) is 6.07 Å². The minimum Gasteiger partial charge on any atom is -0.365 e. The lowest BCUT2D eigenvalue weighted by Crippen LogP contribution is -2.44. The molecule has 2 atom stereocenters. The average Bonchev–Trinajstić information content (AvgIpc) is 2.61. The van der Waals surface area contributed by atoms with Crippen molar-refractivity contribution in [1.82, 2.24) is 0 Å². The molecule has 2 unspecified atom stereocenters. The number of carbonyl (C=O) groups is 1. The summed E-state index contributed by atoms with van der Waals surface area (Å²) in [6, 6.07) is 12.2. The SMILES string of the molecule is CC1CCCC(C)N1c1cc(Cl)c([N+](=O)[O-])cc1C(=O)c1ccccc1. The van der Waals surface area contributed by atoms with Gasteiger partial charge in [-0.15, -0.1) is 0 Å². The summed E-state index contributed by atoms with van der Waals surface area (Å²) < 4.78 is 0. The lowest BCUT2D eigenvalue weighted by Gasteiger charge is -2.41. The number of nitro benzene ring substituents is 1. The lowest BCUT2D eigenvalue weighted by molar-refractivity contribution is -0.384. The number of rotatable bonds is 4. The van der Waals surface area contributed by atoms with Crippen LogP contribution in [0.2, 0.25) is 5.02 Å². The number of hydrogen-bond donors (Lipinski definition) is 0. The molecule has 1 heterocycles. The summed E-state index contributed by atoms with van der Waals surface area (Å²) >= 11 is 6.18. The first-order valence-corrected chi connectivity index (χ1v) is 9.14. The molecule has 2 aromatic carbocycles. The van der Waals surface area contributed by atoms with Gasteiger partial charge >= 0.3 is 0 Å². The van der Waals surface area contributed by atoms with Crippen molar-refractivity contribution in [2.75, 3.05) is 4.90 Å². The van der Waals surface area contributed by atoms with Crippen LogP contribution in [0.1, 0.15) is 49.0 Å². The molecule has 6 heteroatoms. The van der Waals surface area contributed by atoms with Gasteiger partial charge in [0.05, 0.1) is 16.2 Å². The monoisotopic (exact) mass is 372 g/mol. The zero-order valence-electron chi connectivity index (χ0n) is 14.8. The summed E-state index contributed by atoms with van der Waals surface area (Å²) in [6.45, 7) is 4.23. The van der Waals surface area contributed by atoms with Crippen LogP contribution in [0.5, 0.6) is 0 Å². The summed E-state index contributed by atoms with van der Waals surface area (Å²) in [5.41, 5.74) is 1.26. The molecule has 0 aromatic heterocycles. The summed E-state index contributed by atoms with van der Waals surface area (Å²) in [7, 11) is 0. The highest BCUT2D eigenvalue weighted by Gasteiger charge is 2.31. The van der Waals surface area contributed by atoms with E-state index in [1.54, 1.807) is 30.3 Å². The quantitative estimate of drug-likeness (QED) is 0.418. The smallest absolute Gasteiger partial charge is 0.288 e. The Hall–Kier alpha value is -2.40. The topological polar surface area (TPSA) is 63.4 Å². The molecule has 0 saturated carbocycles. The van der Waals surface area contributed by atoms with Gasteiger partial charge in [0, 0.05) is 23.7 Å². The fraction of sp³-hybridized carbons (Fsp3) is 0.350. The third-order valence-corrected chi connectivity index (χ3v) is 5.32. The predicted octanol–water partition coefficient (Wildman–Crippen LogP) is 5.25. The number of hydrogen-bond acceptors (Lipinski definition) is 4. The van der Waals surface area contributed by atoms with Gasteiger partial charge in [-0.25, -0.2) is 0 Å². The molecule has 0 spiro atoms. The lowest BCUT2D eigenvalue weighted by atomic mass is 9.93. The van der Waals surface area contributed by atoms with Crippen LogP contribution < -0.4 is 4.90 Å². The van der Waals surface area contributed by atoms with Gasteiger partial charge in [0.25, 0.3) is 5.69 Å². The molecule has 1 aliphatic rings. The van der Waals surface area contributed by atoms with Gasteiger partial charge in [0.15, 0.2) is 5.78 Å². The van der Waals surface area contributed by atoms with E-state index >= 15 is 0 Å². The standard InChI is InChI=1S/C20H21ClN2O3/c1-13-7-6-8-14(2)22(13)18-12-17(21)19(23(25)26)11-16(18)20(24)15-9-4-3-5-10-15/h3-5,9-14H,6-8H2,1-2H3. The Morgan fingerprint density at radius 2 is 1.77 bits per heavy atom. The van der Waals surface area contributed by atoms with Gasteiger partial charge in [0.1, 0.15) is 5.02 Å². The van der Waals surface area contributed by atoms with Crippen LogP contribution in [-0.2, 0) is 0 Å². The highest BCUT2D eigenvalue weighted by Crippen LogP contribution is 2.38. The van der Waals surface area contributed by atoms with Crippen LogP contribution >= 0.6 is 11.6 Å². The van der Waals surface area contributed by atoms with Crippen LogP contribution in [0.3, 0.4) is 0 Å². The fourth-order valence-electron chi connectivity index (χ4n) is 3.73. The van der Waals surface area contributed by atoms with E-state index in [0.29, 0.717) is 16.8 Å². The van der Waals surface area contributed by atoms with Gasteiger partial charge in [0.2, 0.25) is 0 Å². The van der Waals surface area contributed by atoms with E-state index in [0.717, 1.165) is 19.3 Å². The maximum absolute atomic E-state index is 13.1. The maximum atomic E-state index is 13.1. The Morgan fingerprint density at radius 3 is 2.35 bits per heavy atom. The number of benzene rings is 2. The zero-order valence-corrected chi connectivity index (χ0v) is 15.6. The molecule has 5 nitrogen and oxygen atoms in total. The van der Waals surface area contributed by atoms with Crippen LogP contribution in [0.25, 0.3) is 0 Å². The van der Waals surface area contributed by atoms with E-state index in [9.17, 15) is 14.9 Å². The van der Waals surface area contributed by atoms with Gasteiger partial charge < -0.3 is 4.90 Å². The normalized spacial score (nSPS) is 20.0. The van der Waals surface area contributed by atoms with Crippen molar-refractivity contribution in [3.05, 3.63) is 68.7 Å². The molecule has 2 aromatic rings. The van der Waals surface area contributed by atoms with E-state index in [2.05, 4.69) is 18.7 Å². The van der Waals surface area contributed by atoms with Crippen molar-refractivity contribution >= 4 is 28.8 Å². The molecule has 1 saturated heterocycles. The second-order valence-electron chi connectivity index (χ2n) is 6.81. The Kier molecular flexibility index (Phi) is 5.28. The van der Waals surface area contributed by atoms with E-state index in [-0.39, 0.29) is 28.6 Å². The number of nitrogens with zero attached hydrogens (tertiary/aromatic N) is 2. The molecule has 0 bridgehead atoms. The Balaban J connectivity index is 2.18. The summed E-state index contributed by atoms with van der Waals surface area (Å²) in [5, 5.41) is 11.4. The van der Waals surface area contributed by atoms with Crippen LogP contribution in [0.15, 0.2) is 42.5 Å². The number of halogens is 1. The maximum Gasteiger partial charge on any atom is 0.288 e. The molecule has 26 heavy (non-hydrogen) atoms. The molecule has 1 aliphatic heterocycles. The highest BCUT2D eigenvalue weighted by molar-refractivity contribution is 6.33. The Bertz CT molecular complexity index is 828. The first-order valence-electron chi connectivity index (χ1n) is 8.76. The van der Waals surface area contributed by atoms with Crippen LogP contribution in [0, 0.1) is 10.1 Å². The summed E-state index contributed by atoms with van der Waals surface area (Å²) in [5.74, 6) is -0.231. The molecule has 1 fully saturated rings. The van der Waals surface area contributed by atoms with Crippen molar-refractivity contribution in [2.24, 2.45) is 0 Å². The highest BCUT2D eigenvalue weighted by atomic mass is 35.5. The van der Waals surface area contributed by atoms with Crippen molar-refractivity contribution in [2.45, 2.75) is 45.2 Å². The molecule has 0 aliphatic carbocycles. The van der Waals surface area contributed by atoms with Gasteiger partial charge in [-0.2, -0.15) is 0 Å². The van der Waals surface area contributed by atoms with Gasteiger partial charge in [-0.1, -0.05) is 41.9 Å². The van der Waals surface area contributed by atoms with Crippen LogP contribution in [0.4, 0.5) is 11.4 Å². The molecule has 3 rings (SSSR count). The summed E-state index contributed by atoms with van der Waals surface area (Å²) in [4.78, 5) is 26.1. The van der Waals surface area contributed by atoms with Crippen molar-refractivity contribution in [3.8, 4) is 0 Å². The number of nitro groups is 1. The Labute approximate surface area is 157 Å². The first-order chi connectivity index (χ1) is 12.4. The number of anilines is 1. The number of piperidine rings is 1. The molecule has 0 radical (unpaired) electrons. The number of carbonyl (C=O) groups excluding carboxylic acids is 1. The van der Waals surface area contributed by atoms with Gasteiger partial charge in [-0.05, 0) is 39.2 Å². The average molecular weight is 373 g/mol. The third kappa shape index (κ3) is 3.44. The predicted molar refractivity (Wildman–Crippen MR) is 103 cm³/mol. The van der Waals surface area contributed by atoms with E-state index in [4.69, 9.17) is 11.6 Å². The molecule has 0 N–H and O–H groups in total. The van der Waals surface area contributed by atoms with Crippen molar-refractivity contribution < 1.29 is 9.72 Å². The van der Waals surface area contributed by atoms with E-state index < -0.39 is 4.92 Å². The minimum atomic E-state index is -0.545. The molecular weight excluding hydrogens is 352 g/mol. The number of ketones is 1. The van der Waals surface area contributed by atoms with Crippen molar-refractivity contribution in [3.63, 3.8) is 0 Å².